The van der Waals surface area contributed by atoms with E-state index in [1.165, 1.54) is 18.2 Å². The van der Waals surface area contributed by atoms with E-state index in [1.54, 1.807) is 0 Å². The summed E-state index contributed by atoms with van der Waals surface area (Å²) in [5.41, 5.74) is 0.759. The van der Waals surface area contributed by atoms with E-state index < -0.39 is 12.0 Å². The number of aliphatic hydroxyl groups excluding tert-OH is 2. The van der Waals surface area contributed by atoms with Crippen LogP contribution in [0.15, 0.2) is 18.2 Å². The Bertz CT molecular complexity index is 393. The van der Waals surface area contributed by atoms with Crippen LogP contribution in [0.4, 0.5) is 0 Å². The molecular formula is C11H14ClNO4. The number of aromatic carboxylic acids is 1. The smallest absolute Gasteiger partial charge is 0.335 e. The summed E-state index contributed by atoms with van der Waals surface area (Å²) < 4.78 is 0. The van der Waals surface area contributed by atoms with Crippen molar-refractivity contribution in [2.24, 2.45) is 0 Å². The molecule has 5 nitrogen and oxygen atoms in total. The molecule has 94 valence electrons. The first-order valence-corrected chi connectivity index (χ1v) is 5.43. The van der Waals surface area contributed by atoms with Crippen molar-refractivity contribution < 1.29 is 20.1 Å². The van der Waals surface area contributed by atoms with Gasteiger partial charge in [0.15, 0.2) is 0 Å². The molecule has 4 N–H and O–H groups in total. The van der Waals surface area contributed by atoms with Gasteiger partial charge in [0, 0.05) is 11.6 Å². The van der Waals surface area contributed by atoms with Crippen LogP contribution in [0.5, 0.6) is 0 Å². The molecule has 0 saturated heterocycles. The number of hydrogen-bond donors (Lipinski definition) is 4. The van der Waals surface area contributed by atoms with E-state index in [2.05, 4.69) is 5.32 Å². The number of benzene rings is 1. The number of aliphatic hydroxyl groups is 2. The van der Waals surface area contributed by atoms with Gasteiger partial charge < -0.3 is 20.6 Å². The van der Waals surface area contributed by atoms with Gasteiger partial charge in [0.1, 0.15) is 0 Å². The molecule has 0 aliphatic rings. The molecule has 0 bridgehead atoms. The largest absolute Gasteiger partial charge is 0.478 e. The Morgan fingerprint density at radius 1 is 1.35 bits per heavy atom. The van der Waals surface area contributed by atoms with E-state index in [0.29, 0.717) is 10.6 Å². The Labute approximate surface area is 104 Å². The van der Waals surface area contributed by atoms with Gasteiger partial charge in [-0.2, -0.15) is 0 Å². The zero-order chi connectivity index (χ0) is 12.8. The Morgan fingerprint density at radius 3 is 2.53 bits per heavy atom. The van der Waals surface area contributed by atoms with Crippen LogP contribution in [0.2, 0.25) is 5.02 Å². The van der Waals surface area contributed by atoms with Gasteiger partial charge in [-0.15, -0.1) is 0 Å². The van der Waals surface area contributed by atoms with Crippen molar-refractivity contribution >= 4 is 17.6 Å². The predicted molar refractivity (Wildman–Crippen MR) is 63.2 cm³/mol. The number of carboxylic acids is 1. The highest BCUT2D eigenvalue weighted by atomic mass is 35.5. The molecule has 0 aliphatic carbocycles. The molecule has 17 heavy (non-hydrogen) atoms. The minimum Gasteiger partial charge on any atom is -0.478 e. The summed E-state index contributed by atoms with van der Waals surface area (Å²) in [4.78, 5) is 10.8. The Balaban J connectivity index is 2.75. The van der Waals surface area contributed by atoms with Gasteiger partial charge in [0.2, 0.25) is 0 Å². The molecule has 0 fully saturated rings. The summed E-state index contributed by atoms with van der Waals surface area (Å²) in [5.74, 6) is -1.02. The van der Waals surface area contributed by atoms with E-state index >= 15 is 0 Å². The number of rotatable bonds is 6. The average molecular weight is 260 g/mol. The number of nitrogens with one attached hydrogen (secondary N) is 1. The van der Waals surface area contributed by atoms with Gasteiger partial charge in [-0.25, -0.2) is 4.79 Å². The third kappa shape index (κ3) is 3.98. The molecule has 1 aromatic rings. The number of carboxylic acid groups (broad SMARTS) is 1. The predicted octanol–water partition coefficient (Wildman–Crippen LogP) is 0.481. The van der Waals surface area contributed by atoms with E-state index in [1.807, 2.05) is 0 Å². The van der Waals surface area contributed by atoms with Gasteiger partial charge in [0.05, 0.1) is 24.8 Å². The highest BCUT2D eigenvalue weighted by Gasteiger charge is 2.09. The second kappa shape index (κ2) is 6.56. The third-order valence-electron chi connectivity index (χ3n) is 2.31. The molecule has 0 radical (unpaired) electrons. The van der Waals surface area contributed by atoms with Crippen LogP contribution < -0.4 is 5.32 Å². The Kier molecular flexibility index (Phi) is 5.37. The lowest BCUT2D eigenvalue weighted by Crippen LogP contribution is -2.35. The van der Waals surface area contributed by atoms with Crippen LogP contribution in [-0.2, 0) is 6.54 Å². The summed E-state index contributed by atoms with van der Waals surface area (Å²) in [7, 11) is 0. The maximum Gasteiger partial charge on any atom is 0.335 e. The molecule has 0 amide bonds. The number of hydrogen-bond acceptors (Lipinski definition) is 4. The van der Waals surface area contributed by atoms with E-state index in [-0.39, 0.29) is 25.3 Å². The molecule has 0 atom stereocenters. The molecule has 6 heteroatoms. The minimum atomic E-state index is -1.02. The van der Waals surface area contributed by atoms with Crippen molar-refractivity contribution in [3.63, 3.8) is 0 Å². The van der Waals surface area contributed by atoms with Gasteiger partial charge >= 0.3 is 5.97 Å². The summed E-state index contributed by atoms with van der Waals surface area (Å²) in [6.07, 6.45) is 0. The lowest BCUT2D eigenvalue weighted by Gasteiger charge is -2.14. The molecule has 0 saturated carbocycles. The van der Waals surface area contributed by atoms with Crippen molar-refractivity contribution in [3.8, 4) is 0 Å². The lowest BCUT2D eigenvalue weighted by molar-refractivity contribution is 0.0696. The minimum absolute atomic E-state index is 0.149. The van der Waals surface area contributed by atoms with E-state index in [0.717, 1.165) is 0 Å². The van der Waals surface area contributed by atoms with Gasteiger partial charge in [-0.1, -0.05) is 11.6 Å². The van der Waals surface area contributed by atoms with Crippen LogP contribution in [-0.4, -0.2) is 40.5 Å². The van der Waals surface area contributed by atoms with Crippen molar-refractivity contribution in [1.29, 1.82) is 0 Å². The highest BCUT2D eigenvalue weighted by molar-refractivity contribution is 6.31. The fourth-order valence-electron chi connectivity index (χ4n) is 1.28. The van der Waals surface area contributed by atoms with Crippen LogP contribution >= 0.6 is 11.6 Å². The zero-order valence-electron chi connectivity index (χ0n) is 9.06. The molecule has 1 rings (SSSR count). The topological polar surface area (TPSA) is 89.8 Å². The number of carbonyl (C=O) groups is 1. The van der Waals surface area contributed by atoms with Crippen LogP contribution in [0.1, 0.15) is 15.9 Å². The zero-order valence-corrected chi connectivity index (χ0v) is 9.81. The molecule has 0 aliphatic heterocycles. The first kappa shape index (κ1) is 13.9. The summed E-state index contributed by atoms with van der Waals surface area (Å²) in [6.45, 7) is -0.120. The average Bonchev–Trinajstić information content (AvgIpc) is 2.32. The van der Waals surface area contributed by atoms with Gasteiger partial charge in [-0.05, 0) is 23.8 Å². The molecule has 0 aromatic heterocycles. The summed E-state index contributed by atoms with van der Waals surface area (Å²) in [5, 5.41) is 29.9. The summed E-state index contributed by atoms with van der Waals surface area (Å²) >= 11 is 5.91. The Hall–Kier alpha value is -1.14. The third-order valence-corrected chi connectivity index (χ3v) is 2.68. The monoisotopic (exact) mass is 259 g/mol. The number of halogens is 1. The van der Waals surface area contributed by atoms with Crippen molar-refractivity contribution in [1.82, 2.24) is 5.32 Å². The standard InChI is InChI=1S/C11H14ClNO4/c12-10-2-1-7(11(16)17)3-8(10)4-13-9(5-14)6-15/h1-3,9,13-15H,4-6H2,(H,16,17). The summed E-state index contributed by atoms with van der Waals surface area (Å²) in [6, 6.07) is 3.95. The van der Waals surface area contributed by atoms with Crippen LogP contribution in [0.3, 0.4) is 0 Å². The normalized spacial score (nSPS) is 10.8. The lowest BCUT2D eigenvalue weighted by atomic mass is 10.1. The molecule has 0 heterocycles. The highest BCUT2D eigenvalue weighted by Crippen LogP contribution is 2.17. The van der Waals surface area contributed by atoms with Crippen molar-refractivity contribution in [2.45, 2.75) is 12.6 Å². The molecule has 0 unspecified atom stereocenters. The maximum atomic E-state index is 10.8. The Morgan fingerprint density at radius 2 is 2.00 bits per heavy atom. The second-order valence-corrected chi connectivity index (χ2v) is 3.96. The fraction of sp³-hybridized carbons (Fsp3) is 0.364. The SMILES string of the molecule is O=C(O)c1ccc(Cl)c(CNC(CO)CO)c1. The van der Waals surface area contributed by atoms with E-state index in [4.69, 9.17) is 26.9 Å². The maximum absolute atomic E-state index is 10.8. The molecule has 0 spiro atoms. The van der Waals surface area contributed by atoms with Crippen molar-refractivity contribution in [2.75, 3.05) is 13.2 Å². The quantitative estimate of drug-likeness (QED) is 0.597. The van der Waals surface area contributed by atoms with Gasteiger partial charge in [0.25, 0.3) is 0 Å². The van der Waals surface area contributed by atoms with Crippen LogP contribution in [0.25, 0.3) is 0 Å². The van der Waals surface area contributed by atoms with Crippen molar-refractivity contribution in [3.05, 3.63) is 34.3 Å². The molecule has 1 aromatic carbocycles. The van der Waals surface area contributed by atoms with Crippen LogP contribution in [0, 0.1) is 0 Å². The fourth-order valence-corrected chi connectivity index (χ4v) is 1.47. The van der Waals surface area contributed by atoms with Gasteiger partial charge in [-0.3, -0.25) is 0 Å². The molecular weight excluding hydrogens is 246 g/mol. The first-order chi connectivity index (χ1) is 8.08. The second-order valence-electron chi connectivity index (χ2n) is 3.55. The van der Waals surface area contributed by atoms with E-state index in [9.17, 15) is 4.79 Å². The first-order valence-electron chi connectivity index (χ1n) is 5.05.